The van der Waals surface area contributed by atoms with E-state index in [0.717, 1.165) is 37.8 Å². The van der Waals surface area contributed by atoms with E-state index in [2.05, 4.69) is 4.90 Å². The first-order chi connectivity index (χ1) is 7.27. The van der Waals surface area contributed by atoms with Gasteiger partial charge < -0.3 is 5.73 Å². The summed E-state index contributed by atoms with van der Waals surface area (Å²) in [4.78, 5) is 13.3. The monoisotopic (exact) mass is 240 g/mol. The van der Waals surface area contributed by atoms with E-state index in [1.807, 2.05) is 30.3 Å². The summed E-state index contributed by atoms with van der Waals surface area (Å²) in [6.07, 6.45) is 3.10. The maximum atomic E-state index is 11.2. The first-order valence-electron chi connectivity index (χ1n) is 5.33. The second kappa shape index (κ2) is 5.43. The van der Waals surface area contributed by atoms with E-state index in [9.17, 15) is 4.79 Å². The van der Waals surface area contributed by atoms with Crippen molar-refractivity contribution in [2.75, 3.05) is 13.1 Å². The lowest BCUT2D eigenvalue weighted by atomic mass is 10.0. The maximum Gasteiger partial charge on any atom is 0.159 e. The summed E-state index contributed by atoms with van der Waals surface area (Å²) in [6.45, 7) is 1.81. The van der Waals surface area contributed by atoms with Crippen LogP contribution in [0.25, 0.3) is 0 Å². The van der Waals surface area contributed by atoms with E-state index < -0.39 is 5.66 Å². The molecule has 88 valence electrons. The van der Waals surface area contributed by atoms with Gasteiger partial charge in [-0.1, -0.05) is 30.3 Å². The molecule has 1 fully saturated rings. The molecule has 0 unspecified atom stereocenters. The van der Waals surface area contributed by atoms with Crippen molar-refractivity contribution in [2.45, 2.75) is 18.5 Å². The number of hydrogen-bond acceptors (Lipinski definition) is 3. The van der Waals surface area contributed by atoms with E-state index in [1.165, 1.54) is 0 Å². The third-order valence-electron chi connectivity index (χ3n) is 3.05. The molecule has 0 aliphatic carbocycles. The van der Waals surface area contributed by atoms with Gasteiger partial charge in [-0.25, -0.2) is 0 Å². The van der Waals surface area contributed by atoms with E-state index in [1.54, 1.807) is 0 Å². The molecule has 0 aromatic heterocycles. The minimum absolute atomic E-state index is 0. The SMILES string of the molecule is Cl.N[C@@](C=O)(c1ccccc1)N1CCCC1. The summed E-state index contributed by atoms with van der Waals surface area (Å²) in [6, 6.07) is 9.57. The highest BCUT2D eigenvalue weighted by Crippen LogP contribution is 2.24. The summed E-state index contributed by atoms with van der Waals surface area (Å²) in [5.41, 5.74) is 6.13. The van der Waals surface area contributed by atoms with Crippen molar-refractivity contribution < 1.29 is 4.79 Å². The quantitative estimate of drug-likeness (QED) is 0.815. The molecule has 0 bridgehead atoms. The second-order valence-electron chi connectivity index (χ2n) is 4.00. The van der Waals surface area contributed by atoms with Crippen LogP contribution in [0, 0.1) is 0 Å². The Hall–Kier alpha value is -0.900. The standard InChI is InChI=1S/C12H16N2O.ClH/c13-12(10-15,14-8-4-5-9-14)11-6-2-1-3-7-11;/h1-3,6-7,10H,4-5,8-9,13H2;1H/t12-;/m1./s1. The Morgan fingerprint density at radius 1 is 1.19 bits per heavy atom. The number of benzene rings is 1. The minimum Gasteiger partial charge on any atom is -0.303 e. The molecule has 4 heteroatoms. The lowest BCUT2D eigenvalue weighted by Crippen LogP contribution is -2.53. The van der Waals surface area contributed by atoms with Crippen LogP contribution in [0.5, 0.6) is 0 Å². The van der Waals surface area contributed by atoms with Crippen LogP contribution >= 0.6 is 12.4 Å². The Kier molecular flexibility index (Phi) is 4.47. The summed E-state index contributed by atoms with van der Waals surface area (Å²) in [5.74, 6) is 0. The molecule has 3 nitrogen and oxygen atoms in total. The zero-order valence-electron chi connectivity index (χ0n) is 9.13. The average Bonchev–Trinajstić information content (AvgIpc) is 2.83. The molecule has 1 aliphatic heterocycles. The number of likely N-dealkylation sites (tertiary alicyclic amines) is 1. The summed E-state index contributed by atoms with van der Waals surface area (Å²) >= 11 is 0. The number of nitrogens with zero attached hydrogens (tertiary/aromatic N) is 1. The smallest absolute Gasteiger partial charge is 0.159 e. The van der Waals surface area contributed by atoms with Gasteiger partial charge in [-0.05, 0) is 18.4 Å². The first-order valence-corrected chi connectivity index (χ1v) is 5.33. The predicted octanol–water partition coefficient (Wildman–Crippen LogP) is 1.51. The van der Waals surface area contributed by atoms with Crippen molar-refractivity contribution in [1.82, 2.24) is 4.90 Å². The third-order valence-corrected chi connectivity index (χ3v) is 3.05. The van der Waals surface area contributed by atoms with Gasteiger partial charge in [-0.2, -0.15) is 0 Å². The predicted molar refractivity (Wildman–Crippen MR) is 66.4 cm³/mol. The molecule has 0 spiro atoms. The highest BCUT2D eigenvalue weighted by atomic mass is 35.5. The molecule has 0 amide bonds. The number of rotatable bonds is 3. The highest BCUT2D eigenvalue weighted by molar-refractivity contribution is 5.85. The van der Waals surface area contributed by atoms with Crippen molar-refractivity contribution in [1.29, 1.82) is 0 Å². The van der Waals surface area contributed by atoms with Crippen molar-refractivity contribution in [3.05, 3.63) is 35.9 Å². The van der Waals surface area contributed by atoms with Crippen LogP contribution in [0.2, 0.25) is 0 Å². The summed E-state index contributed by atoms with van der Waals surface area (Å²) in [7, 11) is 0. The Morgan fingerprint density at radius 2 is 1.75 bits per heavy atom. The lowest BCUT2D eigenvalue weighted by Gasteiger charge is -2.33. The van der Waals surface area contributed by atoms with Gasteiger partial charge in [0.2, 0.25) is 0 Å². The van der Waals surface area contributed by atoms with Gasteiger partial charge in [0, 0.05) is 13.1 Å². The number of nitrogens with two attached hydrogens (primary N) is 1. The Balaban J connectivity index is 0.00000128. The fourth-order valence-corrected chi connectivity index (χ4v) is 2.12. The maximum absolute atomic E-state index is 11.2. The fraction of sp³-hybridized carbons (Fsp3) is 0.417. The molecule has 0 radical (unpaired) electrons. The molecule has 2 rings (SSSR count). The average molecular weight is 241 g/mol. The molecule has 0 saturated carbocycles. The van der Waals surface area contributed by atoms with Crippen LogP contribution in [0.3, 0.4) is 0 Å². The van der Waals surface area contributed by atoms with Gasteiger partial charge in [0.1, 0.15) is 0 Å². The lowest BCUT2D eigenvalue weighted by molar-refractivity contribution is -0.118. The first kappa shape index (κ1) is 13.2. The van der Waals surface area contributed by atoms with Crippen LogP contribution in [0.15, 0.2) is 30.3 Å². The van der Waals surface area contributed by atoms with E-state index >= 15 is 0 Å². The largest absolute Gasteiger partial charge is 0.303 e. The Labute approximate surface area is 102 Å². The molecule has 16 heavy (non-hydrogen) atoms. The number of carbonyl (C=O) groups is 1. The molecular weight excluding hydrogens is 224 g/mol. The van der Waals surface area contributed by atoms with Crippen LogP contribution in [-0.2, 0) is 10.5 Å². The van der Waals surface area contributed by atoms with E-state index in [4.69, 9.17) is 5.73 Å². The molecule has 1 aliphatic rings. The van der Waals surface area contributed by atoms with E-state index in [0.29, 0.717) is 0 Å². The number of hydrogen-bond donors (Lipinski definition) is 1. The highest BCUT2D eigenvalue weighted by Gasteiger charge is 2.35. The van der Waals surface area contributed by atoms with Gasteiger partial charge in [0.25, 0.3) is 0 Å². The molecule has 1 atom stereocenters. The Bertz CT molecular complexity index is 338. The van der Waals surface area contributed by atoms with Crippen LogP contribution in [-0.4, -0.2) is 24.3 Å². The minimum atomic E-state index is -0.933. The normalized spacial score (nSPS) is 19.8. The number of carbonyl (C=O) groups excluding carboxylic acids is 1. The zero-order valence-corrected chi connectivity index (χ0v) is 9.95. The molecule has 1 aromatic rings. The van der Waals surface area contributed by atoms with Crippen molar-refractivity contribution in [3.8, 4) is 0 Å². The van der Waals surface area contributed by atoms with Gasteiger partial charge in [-0.15, -0.1) is 12.4 Å². The molecular formula is C12H17ClN2O. The topological polar surface area (TPSA) is 46.3 Å². The van der Waals surface area contributed by atoms with Gasteiger partial charge in [0.15, 0.2) is 11.9 Å². The van der Waals surface area contributed by atoms with Crippen molar-refractivity contribution >= 4 is 18.7 Å². The van der Waals surface area contributed by atoms with Crippen molar-refractivity contribution in [3.63, 3.8) is 0 Å². The van der Waals surface area contributed by atoms with Crippen LogP contribution in [0.1, 0.15) is 18.4 Å². The summed E-state index contributed by atoms with van der Waals surface area (Å²) < 4.78 is 0. The molecule has 2 N–H and O–H groups in total. The third kappa shape index (κ3) is 2.26. The van der Waals surface area contributed by atoms with Crippen LogP contribution in [0.4, 0.5) is 0 Å². The molecule has 1 aromatic carbocycles. The van der Waals surface area contributed by atoms with Gasteiger partial charge >= 0.3 is 0 Å². The Morgan fingerprint density at radius 3 is 2.25 bits per heavy atom. The van der Waals surface area contributed by atoms with Gasteiger partial charge in [0.05, 0.1) is 0 Å². The number of aldehydes is 1. The fourth-order valence-electron chi connectivity index (χ4n) is 2.12. The molecule has 1 heterocycles. The molecule has 1 saturated heterocycles. The van der Waals surface area contributed by atoms with Crippen LogP contribution < -0.4 is 5.73 Å². The second-order valence-corrected chi connectivity index (χ2v) is 4.00. The number of halogens is 1. The van der Waals surface area contributed by atoms with Gasteiger partial charge in [-0.3, -0.25) is 9.69 Å². The van der Waals surface area contributed by atoms with E-state index in [-0.39, 0.29) is 12.4 Å². The summed E-state index contributed by atoms with van der Waals surface area (Å²) in [5, 5.41) is 0. The van der Waals surface area contributed by atoms with Crippen molar-refractivity contribution in [2.24, 2.45) is 5.73 Å². The zero-order chi connectivity index (χ0) is 10.7.